The zero-order valence-electron chi connectivity index (χ0n) is 14.6. The van der Waals surface area contributed by atoms with Gasteiger partial charge in [-0.1, -0.05) is 60.7 Å². The normalized spacial score (nSPS) is 11.5. The average Bonchev–Trinajstić information content (AvgIpc) is 2.73. The molecular weight excluding hydrogens is 358 g/mol. The van der Waals surface area contributed by atoms with Gasteiger partial charge in [0.1, 0.15) is 11.5 Å². The monoisotopic (exact) mass is 373 g/mol. The molecule has 0 spiro atoms. The highest BCUT2D eigenvalue weighted by atomic mass is 16.6. The summed E-state index contributed by atoms with van der Waals surface area (Å²) in [5.74, 6) is -0.493. The number of carbonyl (C=O) groups excluding carboxylic acids is 1. The number of non-ortho nitro benzene ring substituents is 1. The Kier molecular flexibility index (Phi) is 5.66. The van der Waals surface area contributed by atoms with E-state index >= 15 is 0 Å². The Morgan fingerprint density at radius 2 is 1.54 bits per heavy atom. The van der Waals surface area contributed by atoms with Crippen molar-refractivity contribution in [2.45, 2.75) is 0 Å². The van der Waals surface area contributed by atoms with E-state index in [-0.39, 0.29) is 28.5 Å². The van der Waals surface area contributed by atoms with E-state index in [4.69, 9.17) is 0 Å². The first kappa shape index (κ1) is 18.7. The van der Waals surface area contributed by atoms with Crippen molar-refractivity contribution in [2.75, 3.05) is 0 Å². The van der Waals surface area contributed by atoms with Crippen LogP contribution in [0.15, 0.2) is 89.1 Å². The molecule has 0 bridgehead atoms. The van der Waals surface area contributed by atoms with Crippen LogP contribution in [0.1, 0.15) is 21.5 Å². The molecule has 3 aromatic rings. The van der Waals surface area contributed by atoms with E-state index in [1.165, 1.54) is 24.4 Å². The van der Waals surface area contributed by atoms with E-state index in [9.17, 15) is 20.0 Å². The average molecular weight is 373 g/mol. The van der Waals surface area contributed by atoms with Crippen molar-refractivity contribution in [3.63, 3.8) is 0 Å². The molecule has 7 nitrogen and oxygen atoms in total. The van der Waals surface area contributed by atoms with Gasteiger partial charge in [0.25, 0.3) is 5.69 Å². The Labute approximate surface area is 160 Å². The SMILES string of the molecule is O=C(/C(=N\N=C\c1cc([N+](=O)[O-])ccc1O)c1ccccc1)c1ccccc1. The molecule has 0 heterocycles. The van der Waals surface area contributed by atoms with Gasteiger partial charge in [0.15, 0.2) is 0 Å². The molecule has 0 aromatic heterocycles. The lowest BCUT2D eigenvalue weighted by Crippen LogP contribution is -2.15. The third-order valence-electron chi connectivity index (χ3n) is 3.87. The number of phenolic OH excluding ortho intramolecular Hbond substituents is 1. The predicted molar refractivity (Wildman–Crippen MR) is 106 cm³/mol. The van der Waals surface area contributed by atoms with Crippen LogP contribution in [0.25, 0.3) is 0 Å². The number of rotatable bonds is 6. The Hall–Kier alpha value is -4.13. The van der Waals surface area contributed by atoms with Crippen molar-refractivity contribution in [3.8, 4) is 5.75 Å². The van der Waals surface area contributed by atoms with Crippen molar-refractivity contribution >= 4 is 23.4 Å². The summed E-state index contributed by atoms with van der Waals surface area (Å²) in [6.45, 7) is 0. The number of hydrogen-bond acceptors (Lipinski definition) is 6. The zero-order chi connectivity index (χ0) is 19.9. The van der Waals surface area contributed by atoms with Crippen LogP contribution in [0.2, 0.25) is 0 Å². The van der Waals surface area contributed by atoms with Crippen molar-refractivity contribution < 1.29 is 14.8 Å². The summed E-state index contributed by atoms with van der Waals surface area (Å²) in [6.07, 6.45) is 1.17. The van der Waals surface area contributed by atoms with Crippen LogP contribution in [0.4, 0.5) is 5.69 Å². The van der Waals surface area contributed by atoms with Crippen molar-refractivity contribution in [1.82, 2.24) is 0 Å². The molecule has 0 fully saturated rings. The first-order valence-corrected chi connectivity index (χ1v) is 8.30. The lowest BCUT2D eigenvalue weighted by atomic mass is 10.0. The molecule has 0 atom stereocenters. The number of nitrogens with zero attached hydrogens (tertiary/aromatic N) is 3. The standard InChI is InChI=1S/C21H15N3O4/c25-19-12-11-18(24(27)28)13-17(19)14-22-23-20(15-7-3-1-4-8-15)21(26)16-9-5-2-6-10-16/h1-14,25H/b22-14+,23-20-. The minimum absolute atomic E-state index is 0.118. The van der Waals surface area contributed by atoms with E-state index in [1.807, 2.05) is 6.07 Å². The lowest BCUT2D eigenvalue weighted by Gasteiger charge is -2.04. The lowest BCUT2D eigenvalue weighted by molar-refractivity contribution is -0.384. The summed E-state index contributed by atoms with van der Waals surface area (Å²) in [6, 6.07) is 21.1. The summed E-state index contributed by atoms with van der Waals surface area (Å²) in [5, 5.41) is 28.7. The maximum Gasteiger partial charge on any atom is 0.270 e. The second-order valence-electron chi connectivity index (χ2n) is 5.75. The Morgan fingerprint density at radius 1 is 0.929 bits per heavy atom. The van der Waals surface area contributed by atoms with Crippen LogP contribution in [-0.2, 0) is 0 Å². The van der Waals surface area contributed by atoms with Gasteiger partial charge in [-0.05, 0) is 6.07 Å². The summed E-state index contributed by atoms with van der Waals surface area (Å²) < 4.78 is 0. The molecule has 0 saturated carbocycles. The fourth-order valence-electron chi connectivity index (χ4n) is 2.46. The largest absolute Gasteiger partial charge is 0.507 e. The number of nitro groups is 1. The minimum Gasteiger partial charge on any atom is -0.507 e. The number of carbonyl (C=O) groups is 1. The first-order valence-electron chi connectivity index (χ1n) is 8.30. The molecule has 28 heavy (non-hydrogen) atoms. The minimum atomic E-state index is -0.575. The molecule has 0 aliphatic heterocycles. The molecule has 1 N–H and O–H groups in total. The van der Waals surface area contributed by atoms with E-state index in [2.05, 4.69) is 10.2 Å². The molecular formula is C21H15N3O4. The molecule has 0 amide bonds. The third kappa shape index (κ3) is 4.34. The van der Waals surface area contributed by atoms with E-state index in [1.54, 1.807) is 54.6 Å². The van der Waals surface area contributed by atoms with Crippen LogP contribution < -0.4 is 0 Å². The molecule has 138 valence electrons. The summed E-state index contributed by atoms with van der Waals surface area (Å²) in [4.78, 5) is 23.2. The Bertz CT molecular complexity index is 1060. The predicted octanol–water partition coefficient (Wildman–Crippen LogP) is 4.01. The maximum absolute atomic E-state index is 12.9. The van der Waals surface area contributed by atoms with Gasteiger partial charge >= 0.3 is 0 Å². The van der Waals surface area contributed by atoms with Gasteiger partial charge in [-0.15, -0.1) is 5.10 Å². The Morgan fingerprint density at radius 3 is 2.14 bits per heavy atom. The van der Waals surface area contributed by atoms with Crippen molar-refractivity contribution in [2.24, 2.45) is 10.2 Å². The fourth-order valence-corrected chi connectivity index (χ4v) is 2.46. The second kappa shape index (κ2) is 8.50. The second-order valence-corrected chi connectivity index (χ2v) is 5.75. The number of ketones is 1. The summed E-state index contributed by atoms with van der Waals surface area (Å²) in [7, 11) is 0. The first-order chi connectivity index (χ1) is 13.6. The summed E-state index contributed by atoms with van der Waals surface area (Å²) >= 11 is 0. The fraction of sp³-hybridized carbons (Fsp3) is 0. The molecule has 0 aliphatic carbocycles. The molecule has 0 radical (unpaired) electrons. The van der Waals surface area contributed by atoms with Gasteiger partial charge < -0.3 is 5.11 Å². The zero-order valence-corrected chi connectivity index (χ0v) is 14.6. The van der Waals surface area contributed by atoms with Crippen molar-refractivity contribution in [1.29, 1.82) is 0 Å². The molecule has 7 heteroatoms. The van der Waals surface area contributed by atoms with Crippen LogP contribution in [0.5, 0.6) is 5.75 Å². The highest BCUT2D eigenvalue weighted by Crippen LogP contribution is 2.21. The van der Waals surface area contributed by atoms with E-state index < -0.39 is 4.92 Å². The highest BCUT2D eigenvalue weighted by molar-refractivity contribution is 6.51. The highest BCUT2D eigenvalue weighted by Gasteiger charge is 2.16. The number of nitro benzene ring substituents is 1. The van der Waals surface area contributed by atoms with Crippen LogP contribution in [-0.4, -0.2) is 27.7 Å². The van der Waals surface area contributed by atoms with Gasteiger partial charge in [0.2, 0.25) is 5.78 Å². The van der Waals surface area contributed by atoms with E-state index in [0.717, 1.165) is 0 Å². The maximum atomic E-state index is 12.9. The molecule has 0 unspecified atom stereocenters. The number of benzene rings is 3. The molecule has 0 saturated heterocycles. The number of phenols is 1. The summed E-state index contributed by atoms with van der Waals surface area (Å²) in [5.41, 5.74) is 1.09. The van der Waals surface area contributed by atoms with Crippen LogP contribution in [0, 0.1) is 10.1 Å². The van der Waals surface area contributed by atoms with Crippen molar-refractivity contribution in [3.05, 3.63) is 106 Å². The number of Topliss-reactive ketones (excluding diaryl/α,β-unsaturated/α-hetero) is 1. The molecule has 3 aromatic carbocycles. The van der Waals surface area contributed by atoms with Crippen LogP contribution >= 0.6 is 0 Å². The number of hydrogen-bond donors (Lipinski definition) is 1. The van der Waals surface area contributed by atoms with Gasteiger partial charge in [-0.2, -0.15) is 5.10 Å². The quantitative estimate of drug-likeness (QED) is 0.305. The topological polar surface area (TPSA) is 105 Å². The Balaban J connectivity index is 1.98. The number of aromatic hydroxyl groups is 1. The van der Waals surface area contributed by atoms with Gasteiger partial charge in [-0.25, -0.2) is 0 Å². The molecule has 3 rings (SSSR count). The van der Waals surface area contributed by atoms with E-state index in [0.29, 0.717) is 11.1 Å². The van der Waals surface area contributed by atoms with Gasteiger partial charge in [0, 0.05) is 28.8 Å². The van der Waals surface area contributed by atoms with Gasteiger partial charge in [0.05, 0.1) is 11.1 Å². The third-order valence-corrected chi connectivity index (χ3v) is 3.87. The smallest absolute Gasteiger partial charge is 0.270 e. The van der Waals surface area contributed by atoms with Crippen LogP contribution in [0.3, 0.4) is 0 Å². The van der Waals surface area contributed by atoms with Gasteiger partial charge in [-0.3, -0.25) is 14.9 Å². The molecule has 0 aliphatic rings.